The lowest BCUT2D eigenvalue weighted by molar-refractivity contribution is -0.387. The number of nitro benzene ring substituents is 1. The van der Waals surface area contributed by atoms with Crippen LogP contribution in [0.5, 0.6) is 5.75 Å². The lowest BCUT2D eigenvalue weighted by atomic mass is 10.1. The van der Waals surface area contributed by atoms with Crippen molar-refractivity contribution in [1.29, 1.82) is 0 Å². The Kier molecular flexibility index (Phi) is 4.14. The number of nitro groups is 1. The highest BCUT2D eigenvalue weighted by Crippen LogP contribution is 2.22. The van der Waals surface area contributed by atoms with Crippen LogP contribution < -0.4 is 4.74 Å². The second kappa shape index (κ2) is 5.38. The summed E-state index contributed by atoms with van der Waals surface area (Å²) in [6, 6.07) is 3.16. The molecule has 0 aliphatic heterocycles. The Labute approximate surface area is 97.3 Å². The zero-order valence-electron chi connectivity index (χ0n) is 9.47. The summed E-state index contributed by atoms with van der Waals surface area (Å²) in [4.78, 5) is 20.8. The van der Waals surface area contributed by atoms with E-state index in [4.69, 9.17) is 4.74 Å². The maximum Gasteiger partial charge on any atom is 0.305 e. The van der Waals surface area contributed by atoms with E-state index in [0.717, 1.165) is 12.1 Å². The normalized spacial score (nSPS) is 10.4. The minimum Gasteiger partial charge on any atom is -0.486 e. The molecule has 1 aromatic rings. The first-order valence-electron chi connectivity index (χ1n) is 5.01. The predicted octanol–water partition coefficient (Wildman–Crippen LogP) is 2.34. The lowest BCUT2D eigenvalue weighted by Crippen LogP contribution is -2.16. The zero-order valence-corrected chi connectivity index (χ0v) is 9.47. The van der Waals surface area contributed by atoms with Crippen LogP contribution in [0.25, 0.3) is 0 Å². The Hall–Kier alpha value is -1.98. The molecular weight excluding hydrogens is 229 g/mol. The van der Waals surface area contributed by atoms with Crippen molar-refractivity contribution in [2.24, 2.45) is 5.92 Å². The summed E-state index contributed by atoms with van der Waals surface area (Å²) in [5, 5.41) is 10.4. The molecule has 0 atom stereocenters. The summed E-state index contributed by atoms with van der Waals surface area (Å²) in [7, 11) is 0. The molecule has 0 heterocycles. The van der Waals surface area contributed by atoms with E-state index in [2.05, 4.69) is 0 Å². The van der Waals surface area contributed by atoms with Crippen LogP contribution in [-0.2, 0) is 4.79 Å². The minimum atomic E-state index is -0.982. The average Bonchev–Trinajstić information content (AvgIpc) is 2.25. The molecule has 1 aromatic carbocycles. The molecule has 1 rings (SSSR count). The molecule has 92 valence electrons. The minimum absolute atomic E-state index is 0.0992. The maximum atomic E-state index is 13.2. The number of hydrogen-bond donors (Lipinski definition) is 0. The third kappa shape index (κ3) is 3.51. The summed E-state index contributed by atoms with van der Waals surface area (Å²) in [5.41, 5.74) is -0.618. The van der Waals surface area contributed by atoms with E-state index in [1.807, 2.05) is 0 Å². The van der Waals surface area contributed by atoms with Crippen molar-refractivity contribution < 1.29 is 18.8 Å². The number of hydrogen-bond acceptors (Lipinski definition) is 4. The van der Waals surface area contributed by atoms with Gasteiger partial charge < -0.3 is 4.74 Å². The number of ketones is 1. The molecule has 0 saturated carbocycles. The van der Waals surface area contributed by atoms with Gasteiger partial charge in [-0.15, -0.1) is 0 Å². The second-order valence-electron chi connectivity index (χ2n) is 3.78. The van der Waals surface area contributed by atoms with Crippen molar-refractivity contribution in [3.8, 4) is 5.75 Å². The van der Waals surface area contributed by atoms with Crippen LogP contribution in [-0.4, -0.2) is 17.3 Å². The second-order valence-corrected chi connectivity index (χ2v) is 3.78. The summed E-state index contributed by atoms with van der Waals surface area (Å²) in [5.74, 6) is -1.17. The van der Waals surface area contributed by atoms with Crippen LogP contribution in [0.4, 0.5) is 10.1 Å². The molecule has 0 fully saturated rings. The highest BCUT2D eigenvalue weighted by molar-refractivity contribution is 5.81. The Morgan fingerprint density at radius 2 is 2.18 bits per heavy atom. The van der Waals surface area contributed by atoms with Gasteiger partial charge in [0.1, 0.15) is 12.4 Å². The average molecular weight is 241 g/mol. The predicted molar refractivity (Wildman–Crippen MR) is 58.4 cm³/mol. The van der Waals surface area contributed by atoms with Gasteiger partial charge in [-0.2, -0.15) is 4.39 Å². The van der Waals surface area contributed by atoms with Gasteiger partial charge in [-0.1, -0.05) is 13.8 Å². The van der Waals surface area contributed by atoms with E-state index in [9.17, 15) is 19.3 Å². The molecule has 6 heteroatoms. The van der Waals surface area contributed by atoms with E-state index >= 15 is 0 Å². The number of nitrogens with zero attached hydrogens (tertiary/aromatic N) is 1. The first-order valence-corrected chi connectivity index (χ1v) is 5.01. The fourth-order valence-corrected chi connectivity index (χ4v) is 1.05. The monoisotopic (exact) mass is 241 g/mol. The number of ether oxygens (including phenoxy) is 1. The summed E-state index contributed by atoms with van der Waals surface area (Å²) in [6.45, 7) is 3.28. The van der Waals surface area contributed by atoms with Gasteiger partial charge in [0.15, 0.2) is 5.78 Å². The fourth-order valence-electron chi connectivity index (χ4n) is 1.05. The standard InChI is InChI=1S/C11H12FNO4/c1-7(2)11(14)6-17-8-3-4-10(13(15)16)9(12)5-8/h3-5,7H,6H2,1-2H3. The van der Waals surface area contributed by atoms with Crippen molar-refractivity contribution in [2.45, 2.75) is 13.8 Å². The van der Waals surface area contributed by atoms with Crippen molar-refractivity contribution in [2.75, 3.05) is 6.61 Å². The number of Topliss-reactive ketones (excluding diaryl/α,β-unsaturated/α-hetero) is 1. The van der Waals surface area contributed by atoms with Gasteiger partial charge >= 0.3 is 5.69 Å². The molecular formula is C11H12FNO4. The summed E-state index contributed by atoms with van der Waals surface area (Å²) in [6.07, 6.45) is 0. The maximum absolute atomic E-state index is 13.2. The first kappa shape index (κ1) is 13.1. The first-order chi connectivity index (χ1) is 7.91. The van der Waals surface area contributed by atoms with Crippen molar-refractivity contribution >= 4 is 11.5 Å². The largest absolute Gasteiger partial charge is 0.486 e. The molecule has 0 spiro atoms. The smallest absolute Gasteiger partial charge is 0.305 e. The quantitative estimate of drug-likeness (QED) is 0.586. The summed E-state index contributed by atoms with van der Waals surface area (Å²) >= 11 is 0. The Morgan fingerprint density at radius 3 is 2.65 bits per heavy atom. The Morgan fingerprint density at radius 1 is 1.53 bits per heavy atom. The van der Waals surface area contributed by atoms with Crippen molar-refractivity contribution in [3.63, 3.8) is 0 Å². The van der Waals surface area contributed by atoms with Gasteiger partial charge in [0, 0.05) is 18.1 Å². The molecule has 0 radical (unpaired) electrons. The van der Waals surface area contributed by atoms with Gasteiger partial charge in [0.2, 0.25) is 5.82 Å². The van der Waals surface area contributed by atoms with E-state index in [0.29, 0.717) is 0 Å². The zero-order chi connectivity index (χ0) is 13.0. The van der Waals surface area contributed by atoms with Crippen molar-refractivity contribution in [3.05, 3.63) is 34.1 Å². The van der Waals surface area contributed by atoms with Gasteiger partial charge in [-0.25, -0.2) is 0 Å². The third-order valence-corrected chi connectivity index (χ3v) is 2.14. The van der Waals surface area contributed by atoms with Gasteiger partial charge in [0.25, 0.3) is 0 Å². The molecule has 0 aliphatic rings. The Bertz CT molecular complexity index is 445. The molecule has 0 aromatic heterocycles. The van der Waals surface area contributed by atoms with Gasteiger partial charge in [0.05, 0.1) is 4.92 Å². The van der Waals surface area contributed by atoms with Gasteiger partial charge in [-0.3, -0.25) is 14.9 Å². The number of benzene rings is 1. The highest BCUT2D eigenvalue weighted by atomic mass is 19.1. The number of halogens is 1. The van der Waals surface area contributed by atoms with Crippen LogP contribution in [0.3, 0.4) is 0 Å². The topological polar surface area (TPSA) is 69.4 Å². The summed E-state index contributed by atoms with van der Waals surface area (Å²) < 4.78 is 18.2. The molecule has 0 aliphatic carbocycles. The lowest BCUT2D eigenvalue weighted by Gasteiger charge is -2.07. The van der Waals surface area contributed by atoms with Crippen molar-refractivity contribution in [1.82, 2.24) is 0 Å². The van der Waals surface area contributed by atoms with E-state index in [1.165, 1.54) is 6.07 Å². The van der Waals surface area contributed by atoms with Crippen LogP contribution in [0.1, 0.15) is 13.8 Å². The van der Waals surface area contributed by atoms with E-state index in [1.54, 1.807) is 13.8 Å². The third-order valence-electron chi connectivity index (χ3n) is 2.14. The number of carbonyl (C=O) groups is 1. The molecule has 0 N–H and O–H groups in total. The molecule has 17 heavy (non-hydrogen) atoms. The fraction of sp³-hybridized carbons (Fsp3) is 0.364. The van der Waals surface area contributed by atoms with Gasteiger partial charge in [-0.05, 0) is 6.07 Å². The number of carbonyl (C=O) groups excluding carboxylic acids is 1. The molecule has 0 unspecified atom stereocenters. The van der Waals surface area contributed by atoms with Crippen LogP contribution >= 0.6 is 0 Å². The van der Waals surface area contributed by atoms with Crippen LogP contribution in [0, 0.1) is 21.8 Å². The highest BCUT2D eigenvalue weighted by Gasteiger charge is 2.15. The van der Waals surface area contributed by atoms with E-state index < -0.39 is 16.4 Å². The van der Waals surface area contributed by atoms with Crippen LogP contribution in [0.15, 0.2) is 18.2 Å². The van der Waals surface area contributed by atoms with E-state index in [-0.39, 0.29) is 24.1 Å². The SMILES string of the molecule is CC(C)C(=O)COc1ccc([N+](=O)[O-])c(F)c1. The molecule has 5 nitrogen and oxygen atoms in total. The molecule has 0 bridgehead atoms. The molecule has 0 amide bonds. The van der Waals surface area contributed by atoms with Crippen LogP contribution in [0.2, 0.25) is 0 Å². The molecule has 0 saturated heterocycles. The number of rotatable bonds is 5. The Balaban J connectivity index is 2.71.